The molecule has 1 N–H and O–H groups in total. The second-order valence-corrected chi connectivity index (χ2v) is 5.62. The molecule has 2 aromatic rings. The Morgan fingerprint density at radius 3 is 2.81 bits per heavy atom. The summed E-state index contributed by atoms with van der Waals surface area (Å²) in [5.74, 6) is -0.519. The average molecular weight is 370 g/mol. The topological polar surface area (TPSA) is 47.9 Å². The van der Waals surface area contributed by atoms with Crippen molar-refractivity contribution in [2.24, 2.45) is 0 Å². The Morgan fingerprint density at radius 2 is 2.04 bits per heavy atom. The molecule has 0 amide bonds. The van der Waals surface area contributed by atoms with Crippen molar-refractivity contribution in [2.75, 3.05) is 20.7 Å². The molecule has 0 bridgehead atoms. The first-order chi connectivity index (χ1) is 16.8. The van der Waals surface area contributed by atoms with Crippen molar-refractivity contribution in [2.45, 2.75) is 45.6 Å². The second-order valence-electron chi connectivity index (χ2n) is 5.62. The van der Waals surface area contributed by atoms with E-state index >= 15 is 0 Å². The Labute approximate surface area is 172 Å². The Kier molecular flexibility index (Phi) is 3.74. The molecule has 2 aromatic carbocycles. The summed E-state index contributed by atoms with van der Waals surface area (Å²) in [5.41, 5.74) is 1.13. The molecule has 0 saturated heterocycles. The highest BCUT2D eigenvalue weighted by atomic mass is 16.5. The van der Waals surface area contributed by atoms with Crippen molar-refractivity contribution < 1.29 is 34.4 Å². The minimum absolute atomic E-state index is 0.0255. The molecule has 1 unspecified atom stereocenters. The van der Waals surface area contributed by atoms with Crippen molar-refractivity contribution in [3.8, 4) is 17.2 Å². The Morgan fingerprint density at radius 1 is 1.19 bits per heavy atom. The van der Waals surface area contributed by atoms with Crippen LogP contribution in [0.3, 0.4) is 0 Å². The number of hydrogen-bond acceptors (Lipinski definition) is 4. The molecule has 0 spiro atoms. The molecule has 0 aromatic heterocycles. The number of hydrogen-bond donors (Lipinski definition) is 1. The minimum atomic E-state index is -3.46. The molecule has 0 aliphatic heterocycles. The van der Waals surface area contributed by atoms with Crippen LogP contribution in [0.1, 0.15) is 51.0 Å². The van der Waals surface area contributed by atoms with Crippen LogP contribution in [0.25, 0.3) is 0 Å². The number of rotatable bonds is 10. The van der Waals surface area contributed by atoms with Gasteiger partial charge in [0, 0.05) is 2.74 Å². The highest BCUT2D eigenvalue weighted by Crippen LogP contribution is 2.28. The number of aliphatic hydroxyl groups is 1. The summed E-state index contributed by atoms with van der Waals surface area (Å²) in [6, 6.07) is 3.20. The minimum Gasteiger partial charge on any atom is -0.493 e. The van der Waals surface area contributed by atoms with Gasteiger partial charge in [-0.15, -0.1) is 0 Å². The quantitative estimate of drug-likeness (QED) is 0.671. The smallest absolute Gasteiger partial charge is 0.160 e. The van der Waals surface area contributed by atoms with Gasteiger partial charge in [0.05, 0.1) is 32.6 Å². The molecule has 142 valence electrons. The summed E-state index contributed by atoms with van der Waals surface area (Å²) in [6.07, 6.45) is -6.61. The highest BCUT2D eigenvalue weighted by Gasteiger charge is 2.07. The van der Waals surface area contributed by atoms with Crippen LogP contribution < -0.4 is 14.2 Å². The third kappa shape index (κ3) is 5.95. The number of ether oxygens (including phenoxy) is 3. The van der Waals surface area contributed by atoms with Gasteiger partial charge in [0.2, 0.25) is 0 Å². The van der Waals surface area contributed by atoms with Gasteiger partial charge in [-0.3, -0.25) is 0 Å². The first-order valence-electron chi connectivity index (χ1n) is 13.6. The van der Waals surface area contributed by atoms with Gasteiger partial charge in [0.15, 0.2) is 11.5 Å². The van der Waals surface area contributed by atoms with E-state index in [0.29, 0.717) is 11.1 Å². The normalized spacial score (nSPS) is 20.8. The van der Waals surface area contributed by atoms with Gasteiger partial charge in [-0.05, 0) is 74.0 Å². The maximum atomic E-state index is 10.7. The molecule has 0 heterocycles. The molecule has 0 radical (unpaired) electrons. The first kappa shape index (κ1) is 9.65. The van der Waals surface area contributed by atoms with Gasteiger partial charge in [-0.25, -0.2) is 0 Å². The number of methoxy groups -OCH3 is 2. The molecule has 2 rings (SSSR count). The lowest BCUT2D eigenvalue weighted by Gasteiger charge is -2.13. The van der Waals surface area contributed by atoms with Crippen LogP contribution in [0.2, 0.25) is 0 Å². The van der Waals surface area contributed by atoms with E-state index in [2.05, 4.69) is 0 Å². The van der Waals surface area contributed by atoms with E-state index in [4.69, 9.17) is 29.3 Å². The summed E-state index contributed by atoms with van der Waals surface area (Å²) in [6.45, 7) is -0.388. The van der Waals surface area contributed by atoms with Gasteiger partial charge in [0.1, 0.15) is 12.3 Å². The maximum Gasteiger partial charge on any atom is 0.160 e. The maximum absolute atomic E-state index is 10.7. The lowest BCUT2D eigenvalue weighted by Crippen LogP contribution is -2.17. The molecule has 0 aliphatic rings. The fourth-order valence-electron chi connectivity index (χ4n) is 2.18. The number of benzene rings is 2. The van der Waals surface area contributed by atoms with Gasteiger partial charge >= 0.3 is 0 Å². The number of aryl methyl sites for hydroxylation is 1. The predicted molar refractivity (Wildman–Crippen MR) is 105 cm³/mol. The van der Waals surface area contributed by atoms with Gasteiger partial charge < -0.3 is 19.3 Å². The van der Waals surface area contributed by atoms with E-state index in [1.165, 1.54) is 33.1 Å². The fraction of sp³-hybridized carbons (Fsp3) is 0.455. The predicted octanol–water partition coefficient (Wildman–Crippen LogP) is 4.47. The molecule has 4 heteroatoms. The van der Waals surface area contributed by atoms with Crippen LogP contribution in [-0.4, -0.2) is 31.9 Å². The molecule has 0 fully saturated rings. The second kappa shape index (κ2) is 10.1. The molecular weight excluding hydrogens is 328 g/mol. The van der Waals surface area contributed by atoms with Crippen LogP contribution in [0, 0.1) is 13.8 Å². The molecule has 0 aliphatic carbocycles. The van der Waals surface area contributed by atoms with E-state index in [-0.39, 0.29) is 35.9 Å². The summed E-state index contributed by atoms with van der Waals surface area (Å²) < 4.78 is 102. The summed E-state index contributed by atoms with van der Waals surface area (Å²) in [7, 11) is -1.37. The van der Waals surface area contributed by atoms with E-state index in [1.54, 1.807) is 6.07 Å². The SMILES string of the molecule is [2H]c1c([2H])c(OC([2H])([2H])C([2H])(O)C([2H])([2H])CCCc2ccc(OC)c(OC([2H])([2H])[2H])c2)c([2H])c(C)c1C. The highest BCUT2D eigenvalue weighted by molar-refractivity contribution is 5.42. The molecule has 0 saturated carbocycles. The standard InChI is InChI=1S/C22H30O4/c1-16-9-11-20(13-17(16)2)26-15-19(23)8-6-5-7-18-10-12-21(24-3)22(14-18)25-4/h9-14,19,23H,5-8,15H2,1-4H3/i4D3,8D2,9D,11D,13D,15D2,19D. The Balaban J connectivity index is 2.22. The summed E-state index contributed by atoms with van der Waals surface area (Å²) in [4.78, 5) is 0. The zero-order valence-electron chi connectivity index (χ0n) is 26.0. The van der Waals surface area contributed by atoms with Crippen LogP contribution in [0.15, 0.2) is 36.3 Å². The zero-order chi connectivity index (χ0) is 28.6. The van der Waals surface area contributed by atoms with E-state index in [0.717, 1.165) is 0 Å². The Bertz CT molecular complexity index is 1100. The molecule has 1 atom stereocenters. The van der Waals surface area contributed by atoms with Crippen LogP contribution >= 0.6 is 0 Å². The van der Waals surface area contributed by atoms with E-state index in [9.17, 15) is 5.11 Å². The van der Waals surface area contributed by atoms with Gasteiger partial charge in [0.25, 0.3) is 0 Å². The van der Waals surface area contributed by atoms with Crippen LogP contribution in [0.5, 0.6) is 17.2 Å². The van der Waals surface area contributed by atoms with Crippen molar-refractivity contribution in [1.29, 1.82) is 0 Å². The lowest BCUT2D eigenvalue weighted by molar-refractivity contribution is 0.0976. The van der Waals surface area contributed by atoms with Gasteiger partial charge in [-0.2, -0.15) is 0 Å². The molecule has 26 heavy (non-hydrogen) atoms. The Hall–Kier alpha value is -2.20. The first-order valence-corrected chi connectivity index (χ1v) is 8.10. The third-order valence-electron chi connectivity index (χ3n) is 3.75. The largest absolute Gasteiger partial charge is 0.493 e. The van der Waals surface area contributed by atoms with Crippen molar-refractivity contribution in [1.82, 2.24) is 0 Å². The van der Waals surface area contributed by atoms with Crippen molar-refractivity contribution in [3.63, 3.8) is 0 Å². The zero-order valence-corrected chi connectivity index (χ0v) is 15.0. The lowest BCUT2D eigenvalue weighted by atomic mass is 10.0. The monoisotopic (exact) mass is 369 g/mol. The van der Waals surface area contributed by atoms with E-state index < -0.39 is 50.3 Å². The van der Waals surface area contributed by atoms with Crippen LogP contribution in [-0.2, 0) is 6.42 Å². The summed E-state index contributed by atoms with van der Waals surface area (Å²) >= 11 is 0. The molecular formula is C22H30O4. The molecule has 4 nitrogen and oxygen atoms in total. The fourth-order valence-corrected chi connectivity index (χ4v) is 2.18. The van der Waals surface area contributed by atoms with Crippen molar-refractivity contribution in [3.05, 3.63) is 53.0 Å². The van der Waals surface area contributed by atoms with Gasteiger partial charge in [-0.1, -0.05) is 18.5 Å². The van der Waals surface area contributed by atoms with E-state index in [1.807, 2.05) is 0 Å². The third-order valence-corrected chi connectivity index (χ3v) is 3.75. The van der Waals surface area contributed by atoms with Crippen LogP contribution in [0.4, 0.5) is 0 Å². The van der Waals surface area contributed by atoms with Crippen molar-refractivity contribution >= 4 is 0 Å². The summed E-state index contributed by atoms with van der Waals surface area (Å²) in [5, 5.41) is 10.7. The average Bonchev–Trinajstić information content (AvgIpc) is 2.78.